The Labute approximate surface area is 100 Å². The van der Waals surface area contributed by atoms with Gasteiger partial charge in [-0.15, -0.1) is 0 Å². The molecular weight excluding hydrogens is 226 g/mol. The molecule has 1 amide bonds. The first kappa shape index (κ1) is 15.7. The monoisotopic (exact) mass is 247 g/mol. The molecule has 0 bridgehead atoms. The van der Waals surface area contributed by atoms with Gasteiger partial charge in [-0.25, -0.2) is 9.59 Å². The van der Waals surface area contributed by atoms with Crippen LogP contribution in [0.25, 0.3) is 0 Å². The van der Waals surface area contributed by atoms with E-state index in [9.17, 15) is 9.59 Å². The molecule has 0 heterocycles. The van der Waals surface area contributed by atoms with E-state index in [1.807, 2.05) is 0 Å². The third-order valence-electron chi connectivity index (χ3n) is 1.88. The molecular formula is C10H21N3O4. The molecule has 0 spiro atoms. The summed E-state index contributed by atoms with van der Waals surface area (Å²) in [6.45, 7) is 5.31. The highest BCUT2D eigenvalue weighted by atomic mass is 16.6. The van der Waals surface area contributed by atoms with Gasteiger partial charge >= 0.3 is 12.1 Å². The summed E-state index contributed by atoms with van der Waals surface area (Å²) in [6, 6.07) is 0. The Kier molecular flexibility index (Phi) is 5.37. The van der Waals surface area contributed by atoms with Gasteiger partial charge in [-0.05, 0) is 40.2 Å². The predicted octanol–water partition coefficient (Wildman–Crippen LogP) is -0.0104. The Morgan fingerprint density at radius 2 is 1.88 bits per heavy atom. The second-order valence-electron chi connectivity index (χ2n) is 4.80. The van der Waals surface area contributed by atoms with Gasteiger partial charge < -0.3 is 15.6 Å². The van der Waals surface area contributed by atoms with Gasteiger partial charge in [0.15, 0.2) is 5.66 Å². The van der Waals surface area contributed by atoms with Gasteiger partial charge in [0, 0.05) is 0 Å². The van der Waals surface area contributed by atoms with Gasteiger partial charge in [0.1, 0.15) is 5.60 Å². The van der Waals surface area contributed by atoms with E-state index in [-0.39, 0.29) is 6.42 Å². The van der Waals surface area contributed by atoms with E-state index >= 15 is 0 Å². The smallest absolute Gasteiger partial charge is 0.409 e. The molecule has 0 aromatic rings. The van der Waals surface area contributed by atoms with Crippen LogP contribution in [0.2, 0.25) is 0 Å². The summed E-state index contributed by atoms with van der Waals surface area (Å²) < 4.78 is 4.94. The molecule has 0 saturated carbocycles. The van der Waals surface area contributed by atoms with Crippen molar-refractivity contribution in [3.63, 3.8) is 0 Å². The number of carboxylic acids is 1. The van der Waals surface area contributed by atoms with Crippen molar-refractivity contribution >= 4 is 12.1 Å². The van der Waals surface area contributed by atoms with Crippen molar-refractivity contribution in [1.82, 2.24) is 5.32 Å². The molecule has 0 saturated heterocycles. The highest BCUT2D eigenvalue weighted by Crippen LogP contribution is 2.10. The molecule has 0 rings (SSSR count). The van der Waals surface area contributed by atoms with E-state index in [1.54, 1.807) is 20.8 Å². The summed E-state index contributed by atoms with van der Waals surface area (Å²) in [7, 11) is 0. The average Bonchev–Trinajstić information content (AvgIpc) is 2.11. The Balaban J connectivity index is 4.55. The molecule has 0 aliphatic rings. The van der Waals surface area contributed by atoms with Crippen LogP contribution in [-0.4, -0.2) is 35.0 Å². The second kappa shape index (κ2) is 5.83. The van der Waals surface area contributed by atoms with E-state index in [4.69, 9.17) is 21.3 Å². The van der Waals surface area contributed by atoms with Crippen LogP contribution >= 0.6 is 0 Å². The van der Waals surface area contributed by atoms with E-state index in [2.05, 4.69) is 5.32 Å². The summed E-state index contributed by atoms with van der Waals surface area (Å²) in [5.41, 5.74) is 8.30. The fraction of sp³-hybridized carbons (Fsp3) is 0.800. The molecule has 17 heavy (non-hydrogen) atoms. The van der Waals surface area contributed by atoms with Crippen LogP contribution in [0.15, 0.2) is 0 Å². The second-order valence-corrected chi connectivity index (χ2v) is 4.80. The molecule has 0 radical (unpaired) electrons. The number of hydrogen-bond acceptors (Lipinski definition) is 5. The number of ether oxygens (including phenoxy) is 1. The van der Waals surface area contributed by atoms with Gasteiger partial charge in [0.25, 0.3) is 0 Å². The van der Waals surface area contributed by atoms with Crippen molar-refractivity contribution in [3.8, 4) is 0 Å². The van der Waals surface area contributed by atoms with Gasteiger partial charge in [0.2, 0.25) is 0 Å². The zero-order chi connectivity index (χ0) is 13.7. The summed E-state index contributed by atoms with van der Waals surface area (Å²) in [6.07, 6.45) is -0.434. The van der Waals surface area contributed by atoms with E-state index < -0.39 is 23.3 Å². The molecule has 7 nitrogen and oxygen atoms in total. The molecule has 100 valence electrons. The number of alkyl carbamates (subject to hydrolysis) is 1. The standard InChI is InChI=1S/C10H21N3O4/c1-9(2,3)17-8(16)13-10(12,7(14)15)5-4-6-11/h4-6,11-12H2,1-3H3,(H,13,16)(H,14,15)/t10-/m0/s1. The van der Waals surface area contributed by atoms with Gasteiger partial charge in [-0.2, -0.15) is 0 Å². The number of nitrogens with two attached hydrogens (primary N) is 2. The molecule has 0 aromatic carbocycles. The lowest BCUT2D eigenvalue weighted by atomic mass is 10.1. The fourth-order valence-electron chi connectivity index (χ4n) is 1.09. The zero-order valence-electron chi connectivity index (χ0n) is 10.4. The molecule has 0 aliphatic heterocycles. The van der Waals surface area contributed by atoms with Crippen LogP contribution in [0.4, 0.5) is 4.79 Å². The first-order valence-electron chi connectivity index (χ1n) is 5.34. The maximum Gasteiger partial charge on any atom is 0.409 e. The van der Waals surface area contributed by atoms with E-state index in [0.29, 0.717) is 13.0 Å². The third-order valence-corrected chi connectivity index (χ3v) is 1.88. The van der Waals surface area contributed by atoms with Crippen LogP contribution < -0.4 is 16.8 Å². The molecule has 7 heteroatoms. The molecule has 0 aromatic heterocycles. The lowest BCUT2D eigenvalue weighted by Crippen LogP contribution is -2.62. The summed E-state index contributed by atoms with van der Waals surface area (Å²) in [5.74, 6) is -1.32. The minimum absolute atomic E-state index is 0.0398. The summed E-state index contributed by atoms with van der Waals surface area (Å²) in [4.78, 5) is 22.4. The van der Waals surface area contributed by atoms with Crippen molar-refractivity contribution in [2.45, 2.75) is 44.9 Å². The molecule has 0 fully saturated rings. The zero-order valence-corrected chi connectivity index (χ0v) is 10.4. The molecule has 1 atom stereocenters. The number of aliphatic carboxylic acids is 1. The Morgan fingerprint density at radius 3 is 2.24 bits per heavy atom. The largest absolute Gasteiger partial charge is 0.478 e. The van der Waals surface area contributed by atoms with Gasteiger partial charge in [0.05, 0.1) is 0 Å². The molecule has 0 unspecified atom stereocenters. The SMILES string of the molecule is CC(C)(C)OC(=O)N[C@@](N)(CCCN)C(=O)O. The number of rotatable bonds is 5. The van der Waals surface area contributed by atoms with Crippen molar-refractivity contribution in [2.24, 2.45) is 11.5 Å². The number of nitrogens with one attached hydrogen (secondary N) is 1. The fourth-order valence-corrected chi connectivity index (χ4v) is 1.09. The molecule has 6 N–H and O–H groups in total. The lowest BCUT2D eigenvalue weighted by Gasteiger charge is -2.28. The van der Waals surface area contributed by atoms with Crippen LogP contribution in [-0.2, 0) is 9.53 Å². The first-order valence-corrected chi connectivity index (χ1v) is 5.34. The Hall–Kier alpha value is -1.34. The van der Waals surface area contributed by atoms with Crippen molar-refractivity contribution in [3.05, 3.63) is 0 Å². The maximum atomic E-state index is 11.4. The number of carbonyl (C=O) groups is 2. The van der Waals surface area contributed by atoms with Crippen LogP contribution in [0.1, 0.15) is 33.6 Å². The maximum absolute atomic E-state index is 11.4. The van der Waals surface area contributed by atoms with Crippen LogP contribution in [0.3, 0.4) is 0 Å². The first-order chi connectivity index (χ1) is 7.60. The minimum atomic E-state index is -1.85. The van der Waals surface area contributed by atoms with E-state index in [0.717, 1.165) is 0 Å². The molecule has 0 aliphatic carbocycles. The van der Waals surface area contributed by atoms with Crippen molar-refractivity contribution < 1.29 is 19.4 Å². The van der Waals surface area contributed by atoms with Crippen molar-refractivity contribution in [1.29, 1.82) is 0 Å². The Morgan fingerprint density at radius 1 is 1.35 bits per heavy atom. The quantitative estimate of drug-likeness (QED) is 0.506. The number of hydrogen-bond donors (Lipinski definition) is 4. The summed E-state index contributed by atoms with van der Waals surface area (Å²) in [5, 5.41) is 11.1. The lowest BCUT2D eigenvalue weighted by molar-refractivity contribution is -0.145. The van der Waals surface area contributed by atoms with Crippen molar-refractivity contribution in [2.75, 3.05) is 6.54 Å². The number of carboxylic acid groups (broad SMARTS) is 1. The van der Waals surface area contributed by atoms with E-state index in [1.165, 1.54) is 0 Å². The highest BCUT2D eigenvalue weighted by molar-refractivity contribution is 5.83. The average molecular weight is 247 g/mol. The topological polar surface area (TPSA) is 128 Å². The van der Waals surface area contributed by atoms with Crippen LogP contribution in [0.5, 0.6) is 0 Å². The Bertz CT molecular complexity index is 288. The predicted molar refractivity (Wildman–Crippen MR) is 62.2 cm³/mol. The van der Waals surface area contributed by atoms with Crippen LogP contribution in [0, 0.1) is 0 Å². The van der Waals surface area contributed by atoms with Gasteiger partial charge in [-0.1, -0.05) is 0 Å². The minimum Gasteiger partial charge on any atom is -0.478 e. The normalized spacial score (nSPS) is 14.9. The van der Waals surface area contributed by atoms with Gasteiger partial charge in [-0.3, -0.25) is 11.1 Å². The third kappa shape index (κ3) is 6.08. The number of amides is 1. The highest BCUT2D eigenvalue weighted by Gasteiger charge is 2.36. The summed E-state index contributed by atoms with van der Waals surface area (Å²) >= 11 is 0. The number of carbonyl (C=O) groups excluding carboxylic acids is 1.